The van der Waals surface area contributed by atoms with Gasteiger partial charge in [0, 0.05) is 30.4 Å². The largest absolute Gasteiger partial charge is 0.383 e. The van der Waals surface area contributed by atoms with E-state index in [2.05, 4.69) is 33.7 Å². The van der Waals surface area contributed by atoms with Crippen LogP contribution in [-0.2, 0) is 0 Å². The Labute approximate surface area is 160 Å². The Morgan fingerprint density at radius 1 is 1.22 bits per heavy atom. The van der Waals surface area contributed by atoms with E-state index in [1.165, 1.54) is 12.8 Å². The van der Waals surface area contributed by atoms with E-state index in [1.54, 1.807) is 18.5 Å². The molecule has 1 fully saturated rings. The van der Waals surface area contributed by atoms with Gasteiger partial charge in [0.2, 0.25) is 0 Å². The van der Waals surface area contributed by atoms with Crippen LogP contribution in [0, 0.1) is 17.7 Å². The highest BCUT2D eigenvalue weighted by Crippen LogP contribution is 2.36. The highest BCUT2D eigenvalue weighted by atomic mass is 15.2. The number of nitrogens with zero attached hydrogens (tertiary/aromatic N) is 4. The summed E-state index contributed by atoms with van der Waals surface area (Å²) in [5.74, 6) is 1.46. The van der Waals surface area contributed by atoms with Gasteiger partial charge in [-0.25, -0.2) is 15.0 Å². The third-order valence-corrected chi connectivity index (χ3v) is 5.68. The number of rotatable bonds is 5. The van der Waals surface area contributed by atoms with Crippen molar-refractivity contribution in [2.24, 2.45) is 5.41 Å². The number of hydrogen-bond donors (Lipinski definition) is 3. The zero-order valence-electron chi connectivity index (χ0n) is 16.4. The molecule has 7 nitrogen and oxygen atoms in total. The van der Waals surface area contributed by atoms with Gasteiger partial charge in [-0.1, -0.05) is 20.3 Å². The topological polar surface area (TPSA) is 118 Å². The zero-order valence-corrected chi connectivity index (χ0v) is 16.4. The summed E-state index contributed by atoms with van der Waals surface area (Å²) < 4.78 is 0. The van der Waals surface area contributed by atoms with Crippen molar-refractivity contribution in [2.45, 2.75) is 46.5 Å². The Kier molecular flexibility index (Phi) is 5.30. The summed E-state index contributed by atoms with van der Waals surface area (Å²) in [6, 6.07) is 1.75. The maximum atomic E-state index is 8.48. The van der Waals surface area contributed by atoms with Crippen LogP contribution in [0.1, 0.15) is 56.4 Å². The molecular formula is C20H29N7. The van der Waals surface area contributed by atoms with Crippen molar-refractivity contribution in [1.82, 2.24) is 15.0 Å². The van der Waals surface area contributed by atoms with E-state index in [-0.39, 0.29) is 11.5 Å². The lowest BCUT2D eigenvalue weighted by molar-refractivity contribution is 0.225. The van der Waals surface area contributed by atoms with Gasteiger partial charge in [-0.15, -0.1) is 0 Å². The number of nitrogens with one attached hydrogen (secondary N) is 1. The molecule has 0 aromatic carbocycles. The monoisotopic (exact) mass is 367 g/mol. The molecule has 0 atom stereocenters. The van der Waals surface area contributed by atoms with Crippen molar-refractivity contribution >= 4 is 23.2 Å². The zero-order chi connectivity index (χ0) is 19.6. The van der Waals surface area contributed by atoms with Crippen LogP contribution in [0.3, 0.4) is 0 Å². The molecule has 0 aliphatic carbocycles. The van der Waals surface area contributed by atoms with E-state index in [9.17, 15) is 0 Å². The highest BCUT2D eigenvalue weighted by molar-refractivity contribution is 6.13. The number of nitrogen functional groups attached to an aromatic ring is 2. The van der Waals surface area contributed by atoms with E-state index in [1.807, 2.05) is 6.92 Å². The number of pyridine rings is 1. The standard InChI is InChI=1S/C20H29N7/c1-4-6-20(3)7-10-27(11-8-20)15-12-25-17(19(23)26-15)16(21)14-5-9-24-18(22)13(14)2/h5,9,12,21H,4,6-8,10-11H2,1-3H3,(H2,22,24)(H2,23,26). The van der Waals surface area contributed by atoms with Crippen molar-refractivity contribution in [3.8, 4) is 0 Å². The first-order chi connectivity index (χ1) is 12.8. The molecule has 0 spiro atoms. The molecule has 0 radical (unpaired) electrons. The summed E-state index contributed by atoms with van der Waals surface area (Å²) in [6.07, 6.45) is 8.09. The van der Waals surface area contributed by atoms with E-state index in [0.29, 0.717) is 22.5 Å². The van der Waals surface area contributed by atoms with Crippen LogP contribution in [-0.4, -0.2) is 33.8 Å². The minimum atomic E-state index is 0.215. The molecule has 0 unspecified atom stereocenters. The molecule has 3 rings (SSSR count). The van der Waals surface area contributed by atoms with Gasteiger partial charge in [0.05, 0.1) is 11.9 Å². The maximum Gasteiger partial charge on any atom is 0.154 e. The summed E-state index contributed by atoms with van der Waals surface area (Å²) in [4.78, 5) is 15.3. The van der Waals surface area contributed by atoms with Gasteiger partial charge >= 0.3 is 0 Å². The average molecular weight is 368 g/mol. The molecule has 3 heterocycles. The predicted molar refractivity (Wildman–Crippen MR) is 110 cm³/mol. The van der Waals surface area contributed by atoms with Crippen LogP contribution < -0.4 is 16.4 Å². The van der Waals surface area contributed by atoms with Gasteiger partial charge in [0.15, 0.2) is 5.82 Å². The van der Waals surface area contributed by atoms with Crippen molar-refractivity contribution in [3.05, 3.63) is 35.3 Å². The Hall–Kier alpha value is -2.70. The smallest absolute Gasteiger partial charge is 0.154 e. The second-order valence-corrected chi connectivity index (χ2v) is 7.75. The van der Waals surface area contributed by atoms with Crippen molar-refractivity contribution in [3.63, 3.8) is 0 Å². The quantitative estimate of drug-likeness (QED) is 0.699. The Morgan fingerprint density at radius 3 is 2.56 bits per heavy atom. The maximum absolute atomic E-state index is 8.48. The molecule has 0 saturated carbocycles. The van der Waals surface area contributed by atoms with E-state index in [4.69, 9.17) is 16.9 Å². The molecule has 7 heteroatoms. The van der Waals surface area contributed by atoms with Gasteiger partial charge in [0.25, 0.3) is 0 Å². The minimum absolute atomic E-state index is 0.215. The first kappa shape index (κ1) is 19.1. The summed E-state index contributed by atoms with van der Waals surface area (Å²) >= 11 is 0. The van der Waals surface area contributed by atoms with Crippen LogP contribution >= 0.6 is 0 Å². The molecule has 1 aliphatic heterocycles. The highest BCUT2D eigenvalue weighted by Gasteiger charge is 2.30. The van der Waals surface area contributed by atoms with E-state index in [0.717, 1.165) is 37.3 Å². The fourth-order valence-electron chi connectivity index (χ4n) is 3.82. The van der Waals surface area contributed by atoms with Gasteiger partial charge in [0.1, 0.15) is 17.3 Å². The number of piperidine rings is 1. The SMILES string of the molecule is CCCC1(C)CCN(c2cnc(C(=N)c3ccnc(N)c3C)c(N)n2)CC1. The third-order valence-electron chi connectivity index (χ3n) is 5.68. The van der Waals surface area contributed by atoms with Crippen molar-refractivity contribution < 1.29 is 0 Å². The van der Waals surface area contributed by atoms with Crippen molar-refractivity contribution in [1.29, 1.82) is 5.41 Å². The average Bonchev–Trinajstić information content (AvgIpc) is 2.64. The first-order valence-electron chi connectivity index (χ1n) is 9.52. The van der Waals surface area contributed by atoms with E-state index >= 15 is 0 Å². The normalized spacial score (nSPS) is 16.3. The molecule has 5 N–H and O–H groups in total. The molecule has 1 saturated heterocycles. The Morgan fingerprint density at radius 2 is 1.93 bits per heavy atom. The lowest BCUT2D eigenvalue weighted by atomic mass is 9.77. The summed E-state index contributed by atoms with van der Waals surface area (Å²) in [6.45, 7) is 8.38. The summed E-state index contributed by atoms with van der Waals surface area (Å²) in [7, 11) is 0. The second kappa shape index (κ2) is 7.50. The number of aromatic nitrogens is 3. The fraction of sp³-hybridized carbons (Fsp3) is 0.500. The Balaban J connectivity index is 1.79. The molecular weight excluding hydrogens is 338 g/mol. The molecule has 27 heavy (non-hydrogen) atoms. The van der Waals surface area contributed by atoms with Gasteiger partial charge < -0.3 is 16.4 Å². The van der Waals surface area contributed by atoms with Gasteiger partial charge in [-0.3, -0.25) is 5.41 Å². The third kappa shape index (κ3) is 3.86. The van der Waals surface area contributed by atoms with Crippen LogP contribution in [0.2, 0.25) is 0 Å². The number of nitrogens with two attached hydrogens (primary N) is 2. The lowest BCUT2D eigenvalue weighted by Crippen LogP contribution is -2.39. The van der Waals surface area contributed by atoms with Gasteiger partial charge in [-0.05, 0) is 37.7 Å². The first-order valence-corrected chi connectivity index (χ1v) is 9.52. The van der Waals surface area contributed by atoms with Crippen molar-refractivity contribution in [2.75, 3.05) is 29.5 Å². The van der Waals surface area contributed by atoms with Crippen LogP contribution in [0.25, 0.3) is 0 Å². The van der Waals surface area contributed by atoms with Crippen LogP contribution in [0.5, 0.6) is 0 Å². The summed E-state index contributed by atoms with van der Waals surface area (Å²) in [5, 5.41) is 8.48. The van der Waals surface area contributed by atoms with E-state index < -0.39 is 0 Å². The fourth-order valence-corrected chi connectivity index (χ4v) is 3.82. The molecule has 0 amide bonds. The molecule has 0 bridgehead atoms. The lowest BCUT2D eigenvalue weighted by Gasteiger charge is -2.40. The molecule has 2 aromatic rings. The summed E-state index contributed by atoms with van der Waals surface area (Å²) in [5.41, 5.74) is 14.5. The Bertz CT molecular complexity index is 838. The predicted octanol–water partition coefficient (Wildman–Crippen LogP) is 3.17. The molecule has 2 aromatic heterocycles. The number of anilines is 3. The van der Waals surface area contributed by atoms with Crippen LogP contribution in [0.15, 0.2) is 18.5 Å². The minimum Gasteiger partial charge on any atom is -0.383 e. The van der Waals surface area contributed by atoms with Gasteiger partial charge in [-0.2, -0.15) is 0 Å². The number of hydrogen-bond acceptors (Lipinski definition) is 7. The second-order valence-electron chi connectivity index (χ2n) is 7.75. The molecule has 144 valence electrons. The molecule has 1 aliphatic rings. The van der Waals surface area contributed by atoms with Crippen LogP contribution in [0.4, 0.5) is 17.5 Å².